The Bertz CT molecular complexity index is 794. The molecule has 164 valence electrons. The van der Waals surface area contributed by atoms with Gasteiger partial charge in [0.25, 0.3) is 5.91 Å². The molecule has 1 amide bonds. The van der Waals surface area contributed by atoms with Crippen LogP contribution in [0.25, 0.3) is 0 Å². The molecule has 0 radical (unpaired) electrons. The van der Waals surface area contributed by atoms with Gasteiger partial charge in [-0.05, 0) is 31.6 Å². The average Bonchev–Trinajstić information content (AvgIpc) is 3.49. The van der Waals surface area contributed by atoms with Crippen molar-refractivity contribution in [3.8, 4) is 11.5 Å². The van der Waals surface area contributed by atoms with Crippen LogP contribution in [0.4, 0.5) is 0 Å². The van der Waals surface area contributed by atoms with E-state index in [1.807, 2.05) is 6.92 Å². The summed E-state index contributed by atoms with van der Waals surface area (Å²) in [5.74, 6) is -0.759. The monoisotopic (exact) mass is 420 g/mol. The van der Waals surface area contributed by atoms with Crippen LogP contribution in [-0.4, -0.2) is 55.3 Å². The van der Waals surface area contributed by atoms with E-state index < -0.39 is 23.9 Å². The van der Waals surface area contributed by atoms with Gasteiger partial charge >= 0.3 is 11.9 Å². The normalized spacial score (nSPS) is 24.6. The zero-order valence-electron chi connectivity index (χ0n) is 17.5. The molecule has 3 atom stereocenters. The molecule has 9 nitrogen and oxygen atoms in total. The zero-order valence-corrected chi connectivity index (χ0v) is 17.5. The van der Waals surface area contributed by atoms with Crippen LogP contribution >= 0.6 is 0 Å². The lowest BCUT2D eigenvalue weighted by molar-refractivity contribution is -0.151. The van der Waals surface area contributed by atoms with Gasteiger partial charge in [-0.25, -0.2) is 9.78 Å². The molecule has 9 heteroatoms. The summed E-state index contributed by atoms with van der Waals surface area (Å²) in [6.45, 7) is 3.56. The van der Waals surface area contributed by atoms with Gasteiger partial charge in [-0.15, -0.1) is 0 Å². The second-order valence-corrected chi connectivity index (χ2v) is 7.88. The Morgan fingerprint density at radius 3 is 2.70 bits per heavy atom. The van der Waals surface area contributed by atoms with Crippen LogP contribution in [0.3, 0.4) is 0 Å². The fourth-order valence-electron chi connectivity index (χ4n) is 3.60. The second kappa shape index (κ2) is 9.88. The van der Waals surface area contributed by atoms with E-state index in [1.54, 1.807) is 0 Å². The summed E-state index contributed by atoms with van der Waals surface area (Å²) < 4.78 is 21.5. The number of esters is 2. The van der Waals surface area contributed by atoms with Gasteiger partial charge in [0.1, 0.15) is 0 Å². The van der Waals surface area contributed by atoms with Crippen molar-refractivity contribution in [3.05, 3.63) is 18.0 Å². The van der Waals surface area contributed by atoms with Crippen molar-refractivity contribution in [3.63, 3.8) is 0 Å². The van der Waals surface area contributed by atoms with Crippen molar-refractivity contribution in [1.29, 1.82) is 0 Å². The number of carbonyl (C=O) groups is 3. The molecule has 3 rings (SSSR count). The highest BCUT2D eigenvalue weighted by molar-refractivity contribution is 5.98. The van der Waals surface area contributed by atoms with Crippen LogP contribution in [0, 0.1) is 11.8 Å². The van der Waals surface area contributed by atoms with Crippen LogP contribution in [0.15, 0.2) is 12.3 Å². The van der Waals surface area contributed by atoms with Crippen molar-refractivity contribution in [2.75, 3.05) is 20.3 Å². The first-order valence-corrected chi connectivity index (χ1v) is 10.2. The van der Waals surface area contributed by atoms with Crippen molar-refractivity contribution in [2.24, 2.45) is 11.8 Å². The maximum atomic E-state index is 12.8. The zero-order chi connectivity index (χ0) is 21.7. The Morgan fingerprint density at radius 2 is 2.03 bits per heavy atom. The second-order valence-electron chi connectivity index (χ2n) is 7.88. The van der Waals surface area contributed by atoms with E-state index in [2.05, 4.69) is 10.3 Å². The van der Waals surface area contributed by atoms with Crippen LogP contribution in [-0.2, 0) is 19.1 Å². The van der Waals surface area contributed by atoms with Gasteiger partial charge in [0.15, 0.2) is 17.5 Å². The van der Waals surface area contributed by atoms with Crippen molar-refractivity contribution < 1.29 is 33.3 Å². The minimum Gasteiger partial charge on any atom is -0.493 e. The quantitative estimate of drug-likeness (QED) is 0.694. The summed E-state index contributed by atoms with van der Waals surface area (Å²) in [5.41, 5.74) is -0.170. The van der Waals surface area contributed by atoms with Crippen molar-refractivity contribution in [2.45, 2.75) is 51.7 Å². The lowest BCUT2D eigenvalue weighted by atomic mass is 9.97. The number of hydrogen-bond donors (Lipinski definition) is 1. The Kier molecular flexibility index (Phi) is 7.25. The van der Waals surface area contributed by atoms with Gasteiger partial charge in [-0.3, -0.25) is 9.59 Å². The number of hydrogen-bond acceptors (Lipinski definition) is 8. The van der Waals surface area contributed by atoms with E-state index in [4.69, 9.17) is 18.9 Å². The number of aromatic nitrogens is 1. The Balaban J connectivity index is 1.71. The molecule has 2 aliphatic rings. The highest BCUT2D eigenvalue weighted by atomic mass is 16.6. The number of cyclic esters (lactones) is 1. The van der Waals surface area contributed by atoms with Crippen molar-refractivity contribution in [1.82, 2.24) is 10.3 Å². The SMILES string of the molecule is COc1ccnc(C(=O)N[C@H]2COC[C@H](CC3CC3)C[C@H](C)OC2=O)c1OC(C)=O. The third-order valence-corrected chi connectivity index (χ3v) is 5.12. The van der Waals surface area contributed by atoms with Crippen LogP contribution in [0.5, 0.6) is 11.5 Å². The molecule has 0 spiro atoms. The molecule has 1 aliphatic heterocycles. The van der Waals surface area contributed by atoms with E-state index >= 15 is 0 Å². The molecule has 1 N–H and O–H groups in total. The average molecular weight is 420 g/mol. The summed E-state index contributed by atoms with van der Waals surface area (Å²) in [4.78, 5) is 40.8. The molecule has 1 saturated heterocycles. The van der Waals surface area contributed by atoms with Gasteiger partial charge in [-0.1, -0.05) is 12.8 Å². The number of rotatable bonds is 6. The van der Waals surface area contributed by atoms with Gasteiger partial charge < -0.3 is 24.3 Å². The molecule has 1 saturated carbocycles. The van der Waals surface area contributed by atoms with Gasteiger partial charge in [0, 0.05) is 25.8 Å². The fourth-order valence-corrected chi connectivity index (χ4v) is 3.60. The molecular weight excluding hydrogens is 392 g/mol. The standard InChI is InChI=1S/C21H28N2O7/c1-12-8-15(9-14-4-5-14)10-28-11-16(21(26)29-12)23-20(25)18-19(30-13(2)24)17(27-3)6-7-22-18/h6-7,12,14-16H,4-5,8-11H2,1-3H3,(H,23,25)/t12-,15-,16-/m0/s1. The van der Waals surface area contributed by atoms with Gasteiger partial charge in [-0.2, -0.15) is 0 Å². The molecule has 2 heterocycles. The molecule has 30 heavy (non-hydrogen) atoms. The van der Waals surface area contributed by atoms with Crippen LogP contribution in [0.1, 0.15) is 50.0 Å². The summed E-state index contributed by atoms with van der Waals surface area (Å²) >= 11 is 0. The molecule has 0 aromatic carbocycles. The predicted molar refractivity (Wildman–Crippen MR) is 105 cm³/mol. The third-order valence-electron chi connectivity index (χ3n) is 5.12. The maximum Gasteiger partial charge on any atom is 0.331 e. The van der Waals surface area contributed by atoms with Crippen LogP contribution < -0.4 is 14.8 Å². The van der Waals surface area contributed by atoms with Crippen LogP contribution in [0.2, 0.25) is 0 Å². The lowest BCUT2D eigenvalue weighted by Crippen LogP contribution is -2.45. The Hall–Kier alpha value is -2.68. The molecule has 1 aromatic heterocycles. The van der Waals surface area contributed by atoms with Crippen molar-refractivity contribution >= 4 is 17.8 Å². The first kappa shape index (κ1) is 22.0. The van der Waals surface area contributed by atoms with E-state index in [-0.39, 0.29) is 29.9 Å². The highest BCUT2D eigenvalue weighted by Crippen LogP contribution is 2.37. The summed E-state index contributed by atoms with van der Waals surface area (Å²) in [6.07, 6.45) is 5.38. The van der Waals surface area contributed by atoms with E-state index in [1.165, 1.54) is 39.1 Å². The first-order valence-electron chi connectivity index (χ1n) is 10.2. The lowest BCUT2D eigenvalue weighted by Gasteiger charge is -2.19. The molecule has 0 bridgehead atoms. The summed E-state index contributed by atoms with van der Waals surface area (Å²) in [7, 11) is 1.38. The Morgan fingerprint density at radius 1 is 1.27 bits per heavy atom. The number of pyridine rings is 1. The smallest absolute Gasteiger partial charge is 0.331 e. The minimum atomic E-state index is -1.00. The van der Waals surface area contributed by atoms with Gasteiger partial charge in [0.05, 0.1) is 19.8 Å². The van der Waals surface area contributed by atoms with E-state index in [9.17, 15) is 14.4 Å². The molecule has 0 unspecified atom stereocenters. The topological polar surface area (TPSA) is 113 Å². The minimum absolute atomic E-state index is 0.00860. The summed E-state index contributed by atoms with van der Waals surface area (Å²) in [5, 5.41) is 2.59. The Labute approximate surface area is 175 Å². The molecule has 1 aliphatic carbocycles. The van der Waals surface area contributed by atoms with Gasteiger partial charge in [0.2, 0.25) is 5.75 Å². The number of amides is 1. The number of ether oxygens (including phenoxy) is 4. The first-order chi connectivity index (χ1) is 14.4. The number of nitrogens with one attached hydrogen (secondary N) is 1. The summed E-state index contributed by atoms with van der Waals surface area (Å²) in [6, 6.07) is 0.464. The molecular formula is C21H28N2O7. The maximum absolute atomic E-state index is 12.8. The number of carbonyl (C=O) groups excluding carboxylic acids is 3. The third kappa shape index (κ3) is 5.91. The molecule has 1 aromatic rings. The fraction of sp³-hybridized carbons (Fsp3) is 0.619. The number of methoxy groups -OCH3 is 1. The predicted octanol–water partition coefficient (Wildman–Crippen LogP) is 1.88. The molecule has 2 fully saturated rings. The number of nitrogens with zero attached hydrogens (tertiary/aromatic N) is 1. The largest absolute Gasteiger partial charge is 0.493 e. The highest BCUT2D eigenvalue weighted by Gasteiger charge is 2.32. The van der Waals surface area contributed by atoms with E-state index in [0.717, 1.165) is 18.8 Å². The van der Waals surface area contributed by atoms with E-state index in [0.29, 0.717) is 12.5 Å².